The van der Waals surface area contributed by atoms with Crippen LogP contribution in [0.2, 0.25) is 0 Å². The molecule has 0 saturated carbocycles. The number of phenolic OH excluding ortho intramolecular Hbond substituents is 1. The number of hydrogen-bond acceptors (Lipinski definition) is 2. The molecule has 3 heteroatoms. The number of rotatable bonds is 4. The Labute approximate surface area is 128 Å². The molecule has 1 aromatic heterocycles. The van der Waals surface area contributed by atoms with Crippen LogP contribution in [0.3, 0.4) is 0 Å². The van der Waals surface area contributed by atoms with Gasteiger partial charge in [0.25, 0.3) is 0 Å². The summed E-state index contributed by atoms with van der Waals surface area (Å²) in [6.07, 6.45) is 3.36. The Morgan fingerprint density at radius 1 is 0.864 bits per heavy atom. The number of hydrogen-bond donors (Lipinski definition) is 1. The van der Waals surface area contributed by atoms with Crippen molar-refractivity contribution in [1.82, 2.24) is 4.98 Å². The first-order valence-corrected chi connectivity index (χ1v) is 7.21. The molecule has 0 aliphatic carbocycles. The van der Waals surface area contributed by atoms with E-state index in [4.69, 9.17) is 0 Å². The second-order valence-corrected chi connectivity index (χ2v) is 5.14. The number of pyridine rings is 1. The molecule has 2 aromatic carbocycles. The highest BCUT2D eigenvalue weighted by atomic mass is 19.1. The predicted octanol–water partition coefficient (Wildman–Crippen LogP) is 4.38. The molecule has 0 atom stereocenters. The fourth-order valence-electron chi connectivity index (χ4n) is 2.53. The maximum Gasteiger partial charge on any atom is 0.124 e. The van der Waals surface area contributed by atoms with E-state index in [1.54, 1.807) is 6.20 Å². The maximum atomic E-state index is 13.5. The molecule has 0 fully saturated rings. The van der Waals surface area contributed by atoms with Gasteiger partial charge in [0.15, 0.2) is 0 Å². The van der Waals surface area contributed by atoms with Crippen molar-refractivity contribution in [1.29, 1.82) is 0 Å². The Bertz CT molecular complexity index is 771. The summed E-state index contributed by atoms with van der Waals surface area (Å²) in [5.41, 5.74) is 3.46. The Balaban J connectivity index is 1.91. The summed E-state index contributed by atoms with van der Waals surface area (Å²) in [5.74, 6) is -0.265. The van der Waals surface area contributed by atoms with Crippen LogP contribution in [0, 0.1) is 5.82 Å². The molecule has 3 rings (SSSR count). The van der Waals surface area contributed by atoms with Gasteiger partial charge in [0, 0.05) is 17.5 Å². The van der Waals surface area contributed by atoms with Crippen molar-refractivity contribution in [2.75, 3.05) is 0 Å². The number of aromatic nitrogens is 1. The minimum atomic E-state index is -0.354. The molecule has 0 aliphatic rings. The minimum absolute atomic E-state index is 0.0895. The van der Waals surface area contributed by atoms with Crippen LogP contribution in [0.5, 0.6) is 5.75 Å². The lowest BCUT2D eigenvalue weighted by Gasteiger charge is -2.11. The third-order valence-electron chi connectivity index (χ3n) is 3.64. The van der Waals surface area contributed by atoms with Crippen LogP contribution in [0.4, 0.5) is 4.39 Å². The van der Waals surface area contributed by atoms with Crippen LogP contribution in [0.15, 0.2) is 66.9 Å². The first-order chi connectivity index (χ1) is 10.7. The molecule has 0 unspecified atom stereocenters. The molecule has 22 heavy (non-hydrogen) atoms. The van der Waals surface area contributed by atoms with E-state index < -0.39 is 0 Å². The van der Waals surface area contributed by atoms with Gasteiger partial charge in [-0.2, -0.15) is 0 Å². The molecule has 3 aromatic rings. The van der Waals surface area contributed by atoms with Crippen molar-refractivity contribution < 1.29 is 9.50 Å². The van der Waals surface area contributed by atoms with Crippen molar-refractivity contribution in [3.05, 3.63) is 83.9 Å². The number of nitrogens with zero attached hydrogens (tertiary/aromatic N) is 1. The molecule has 0 radical (unpaired) electrons. The van der Waals surface area contributed by atoms with Crippen LogP contribution in [-0.2, 0) is 12.8 Å². The lowest BCUT2D eigenvalue weighted by Crippen LogP contribution is -1.96. The van der Waals surface area contributed by atoms with Crippen molar-refractivity contribution >= 4 is 0 Å². The lowest BCUT2D eigenvalue weighted by molar-refractivity contribution is 0.475. The molecule has 1 N–H and O–H groups in total. The highest BCUT2D eigenvalue weighted by Gasteiger charge is 2.10. The molecule has 0 aliphatic heterocycles. The summed E-state index contributed by atoms with van der Waals surface area (Å²) in [6, 6.07) is 17.6. The van der Waals surface area contributed by atoms with E-state index in [1.165, 1.54) is 18.2 Å². The first-order valence-electron chi connectivity index (χ1n) is 7.21. The van der Waals surface area contributed by atoms with Crippen molar-refractivity contribution in [3.63, 3.8) is 0 Å². The molecule has 0 spiro atoms. The van der Waals surface area contributed by atoms with E-state index in [9.17, 15) is 9.50 Å². The lowest BCUT2D eigenvalue weighted by atomic mass is 9.95. The third kappa shape index (κ3) is 3.14. The van der Waals surface area contributed by atoms with Gasteiger partial charge in [0.1, 0.15) is 11.6 Å². The summed E-state index contributed by atoms with van der Waals surface area (Å²) >= 11 is 0. The number of aromatic hydroxyl groups is 1. The second-order valence-electron chi connectivity index (χ2n) is 5.14. The molecular formula is C19H16FNO. The number of halogens is 1. The van der Waals surface area contributed by atoms with Crippen LogP contribution in [-0.4, -0.2) is 10.1 Å². The van der Waals surface area contributed by atoms with Crippen molar-refractivity contribution in [3.8, 4) is 16.9 Å². The van der Waals surface area contributed by atoms with Gasteiger partial charge in [0.05, 0.1) is 0 Å². The Hall–Kier alpha value is -2.68. The summed E-state index contributed by atoms with van der Waals surface area (Å²) in [5, 5.41) is 10.0. The van der Waals surface area contributed by atoms with E-state index in [-0.39, 0.29) is 11.6 Å². The van der Waals surface area contributed by atoms with E-state index in [1.807, 2.05) is 42.5 Å². The van der Waals surface area contributed by atoms with E-state index in [0.29, 0.717) is 5.56 Å². The van der Waals surface area contributed by atoms with E-state index in [0.717, 1.165) is 29.7 Å². The van der Waals surface area contributed by atoms with Gasteiger partial charge >= 0.3 is 0 Å². The van der Waals surface area contributed by atoms with Crippen molar-refractivity contribution in [2.45, 2.75) is 12.8 Å². The largest absolute Gasteiger partial charge is 0.507 e. The zero-order valence-electron chi connectivity index (χ0n) is 12.0. The average molecular weight is 293 g/mol. The summed E-state index contributed by atoms with van der Waals surface area (Å²) < 4.78 is 13.5. The molecule has 1 heterocycles. The summed E-state index contributed by atoms with van der Waals surface area (Å²) in [7, 11) is 0. The van der Waals surface area contributed by atoms with Crippen LogP contribution in [0.25, 0.3) is 11.1 Å². The summed E-state index contributed by atoms with van der Waals surface area (Å²) in [4.78, 5) is 4.32. The van der Waals surface area contributed by atoms with Gasteiger partial charge in [-0.25, -0.2) is 4.39 Å². The van der Waals surface area contributed by atoms with Gasteiger partial charge in [-0.15, -0.1) is 0 Å². The molecule has 0 saturated heterocycles. The van der Waals surface area contributed by atoms with Gasteiger partial charge in [-0.3, -0.25) is 4.98 Å². The minimum Gasteiger partial charge on any atom is -0.507 e. The normalized spacial score (nSPS) is 10.6. The Morgan fingerprint density at radius 3 is 2.50 bits per heavy atom. The van der Waals surface area contributed by atoms with Crippen LogP contribution < -0.4 is 0 Å². The Kier molecular flexibility index (Phi) is 4.15. The topological polar surface area (TPSA) is 33.1 Å². The quantitative estimate of drug-likeness (QED) is 0.774. The number of aryl methyl sites for hydroxylation is 2. The second kappa shape index (κ2) is 6.39. The fraction of sp³-hybridized carbons (Fsp3) is 0.105. The summed E-state index contributed by atoms with van der Waals surface area (Å²) in [6.45, 7) is 0. The molecule has 110 valence electrons. The maximum absolute atomic E-state index is 13.5. The first kappa shape index (κ1) is 14.3. The molecule has 0 amide bonds. The molecule has 2 nitrogen and oxygen atoms in total. The monoisotopic (exact) mass is 293 g/mol. The number of phenols is 1. The van der Waals surface area contributed by atoms with E-state index >= 15 is 0 Å². The van der Waals surface area contributed by atoms with Crippen LogP contribution >= 0.6 is 0 Å². The SMILES string of the molecule is Oc1ccc(F)cc1-c1ccccc1CCc1ccccn1. The van der Waals surface area contributed by atoms with Crippen molar-refractivity contribution in [2.24, 2.45) is 0 Å². The number of benzene rings is 2. The molecule has 0 bridgehead atoms. The van der Waals surface area contributed by atoms with E-state index in [2.05, 4.69) is 4.98 Å². The fourth-order valence-corrected chi connectivity index (χ4v) is 2.53. The zero-order chi connectivity index (χ0) is 15.4. The average Bonchev–Trinajstić information content (AvgIpc) is 2.56. The highest BCUT2D eigenvalue weighted by molar-refractivity contribution is 5.73. The zero-order valence-corrected chi connectivity index (χ0v) is 12.0. The molecular weight excluding hydrogens is 277 g/mol. The third-order valence-corrected chi connectivity index (χ3v) is 3.64. The standard InChI is InChI=1S/C19H16FNO/c20-15-9-11-19(22)18(13-15)17-7-2-1-5-14(17)8-10-16-6-3-4-12-21-16/h1-7,9,11-13,22H,8,10H2. The highest BCUT2D eigenvalue weighted by Crippen LogP contribution is 2.32. The van der Waals surface area contributed by atoms with Gasteiger partial charge in [-0.1, -0.05) is 30.3 Å². The van der Waals surface area contributed by atoms with Gasteiger partial charge in [0.2, 0.25) is 0 Å². The van der Waals surface area contributed by atoms with Crippen LogP contribution in [0.1, 0.15) is 11.3 Å². The Morgan fingerprint density at radius 2 is 1.68 bits per heavy atom. The predicted molar refractivity (Wildman–Crippen MR) is 85.1 cm³/mol. The van der Waals surface area contributed by atoms with Gasteiger partial charge in [-0.05, 0) is 54.3 Å². The smallest absolute Gasteiger partial charge is 0.124 e. The van der Waals surface area contributed by atoms with Gasteiger partial charge < -0.3 is 5.11 Å².